The number of benzene rings is 2. The van der Waals surface area contributed by atoms with Gasteiger partial charge in [-0.3, -0.25) is 4.79 Å². The number of phenolic OH excluding ortho intramolecular Hbond substituents is 1. The summed E-state index contributed by atoms with van der Waals surface area (Å²) >= 11 is 5.94. The highest BCUT2D eigenvalue weighted by Crippen LogP contribution is 2.20. The number of phenols is 1. The van der Waals surface area contributed by atoms with E-state index < -0.39 is 0 Å². The van der Waals surface area contributed by atoms with Crippen molar-refractivity contribution >= 4 is 29.3 Å². The standard InChI is InChI=1S/C19H19ClN2O2/c20-16-3-1-2-15(14-16)4-9-19(24)22-12-10-21(11-13-22)17-5-7-18(23)8-6-17/h1-9,14,23H,10-13H2/b9-4+. The first kappa shape index (κ1) is 16.4. The molecule has 3 rings (SSSR count). The molecule has 0 unspecified atom stereocenters. The normalized spacial score (nSPS) is 15.0. The molecular formula is C19H19ClN2O2. The lowest BCUT2D eigenvalue weighted by molar-refractivity contribution is -0.126. The van der Waals surface area contributed by atoms with Gasteiger partial charge in [-0.1, -0.05) is 23.7 Å². The third-order valence-corrected chi connectivity index (χ3v) is 4.31. The molecule has 0 atom stereocenters. The monoisotopic (exact) mass is 342 g/mol. The van der Waals surface area contributed by atoms with Crippen molar-refractivity contribution < 1.29 is 9.90 Å². The van der Waals surface area contributed by atoms with E-state index in [1.54, 1.807) is 24.3 Å². The predicted octanol–water partition coefficient (Wildman–Crippen LogP) is 3.41. The summed E-state index contributed by atoms with van der Waals surface area (Å²) in [5.74, 6) is 0.277. The van der Waals surface area contributed by atoms with Crippen LogP contribution in [0.2, 0.25) is 5.02 Å². The van der Waals surface area contributed by atoms with E-state index in [2.05, 4.69) is 4.90 Å². The maximum absolute atomic E-state index is 12.3. The molecule has 0 bridgehead atoms. The highest BCUT2D eigenvalue weighted by Gasteiger charge is 2.19. The summed E-state index contributed by atoms with van der Waals surface area (Å²) in [5.41, 5.74) is 1.98. The lowest BCUT2D eigenvalue weighted by atomic mass is 10.2. The molecular weight excluding hydrogens is 324 g/mol. The Hall–Kier alpha value is -2.46. The van der Waals surface area contributed by atoms with Gasteiger partial charge in [0.1, 0.15) is 5.75 Å². The van der Waals surface area contributed by atoms with Crippen LogP contribution in [-0.2, 0) is 4.79 Å². The fourth-order valence-electron chi connectivity index (χ4n) is 2.73. The molecule has 0 spiro atoms. The van der Waals surface area contributed by atoms with Crippen molar-refractivity contribution in [3.8, 4) is 5.75 Å². The maximum Gasteiger partial charge on any atom is 0.246 e. The SMILES string of the molecule is O=C(/C=C/c1cccc(Cl)c1)N1CCN(c2ccc(O)cc2)CC1. The summed E-state index contributed by atoms with van der Waals surface area (Å²) in [7, 11) is 0. The third-order valence-electron chi connectivity index (χ3n) is 4.07. The van der Waals surface area contributed by atoms with Crippen LogP contribution in [0.5, 0.6) is 5.75 Å². The number of anilines is 1. The largest absolute Gasteiger partial charge is 0.508 e. The van der Waals surface area contributed by atoms with E-state index in [1.165, 1.54) is 0 Å². The van der Waals surface area contributed by atoms with Crippen LogP contribution >= 0.6 is 11.6 Å². The van der Waals surface area contributed by atoms with Crippen molar-refractivity contribution in [2.45, 2.75) is 0 Å². The Balaban J connectivity index is 1.56. The van der Waals surface area contributed by atoms with Gasteiger partial charge in [0.25, 0.3) is 0 Å². The molecule has 1 N–H and O–H groups in total. The van der Waals surface area contributed by atoms with Gasteiger partial charge >= 0.3 is 0 Å². The minimum atomic E-state index is 0.0142. The van der Waals surface area contributed by atoms with E-state index >= 15 is 0 Å². The van der Waals surface area contributed by atoms with Crippen LogP contribution in [-0.4, -0.2) is 42.1 Å². The van der Waals surface area contributed by atoms with Crippen molar-refractivity contribution in [1.29, 1.82) is 0 Å². The summed E-state index contributed by atoms with van der Waals surface area (Å²) in [4.78, 5) is 16.4. The number of nitrogens with zero attached hydrogens (tertiary/aromatic N) is 2. The zero-order valence-electron chi connectivity index (χ0n) is 13.2. The van der Waals surface area contributed by atoms with Gasteiger partial charge in [-0.25, -0.2) is 0 Å². The predicted molar refractivity (Wildman–Crippen MR) is 97.4 cm³/mol. The number of amides is 1. The Morgan fingerprint density at radius 2 is 1.75 bits per heavy atom. The molecule has 124 valence electrons. The minimum Gasteiger partial charge on any atom is -0.508 e. The van der Waals surface area contributed by atoms with Crippen LogP contribution < -0.4 is 4.90 Å². The van der Waals surface area contributed by atoms with Crippen LogP contribution in [0.4, 0.5) is 5.69 Å². The van der Waals surface area contributed by atoms with Crippen molar-refractivity contribution in [3.63, 3.8) is 0 Å². The molecule has 0 aliphatic carbocycles. The second-order valence-corrected chi connectivity index (χ2v) is 6.15. The number of carbonyl (C=O) groups is 1. The minimum absolute atomic E-state index is 0.0142. The number of carbonyl (C=O) groups excluding carboxylic acids is 1. The third kappa shape index (κ3) is 4.09. The summed E-state index contributed by atoms with van der Waals surface area (Å²) in [5, 5.41) is 10.0. The van der Waals surface area contributed by atoms with Crippen LogP contribution in [0.3, 0.4) is 0 Å². The number of hydrogen-bond acceptors (Lipinski definition) is 3. The van der Waals surface area contributed by atoms with Crippen LogP contribution in [0.25, 0.3) is 6.08 Å². The van der Waals surface area contributed by atoms with Gasteiger partial charge in [0, 0.05) is 43.0 Å². The smallest absolute Gasteiger partial charge is 0.246 e. The van der Waals surface area contributed by atoms with Crippen molar-refractivity contribution in [2.75, 3.05) is 31.1 Å². The number of halogens is 1. The first-order valence-corrected chi connectivity index (χ1v) is 8.26. The molecule has 5 heteroatoms. The summed E-state index contributed by atoms with van der Waals surface area (Å²) in [6.07, 6.45) is 3.39. The lowest BCUT2D eigenvalue weighted by Crippen LogP contribution is -2.48. The van der Waals surface area contributed by atoms with Gasteiger partial charge in [-0.15, -0.1) is 0 Å². The highest BCUT2D eigenvalue weighted by atomic mass is 35.5. The molecule has 2 aromatic carbocycles. The van der Waals surface area contributed by atoms with Crippen LogP contribution in [0, 0.1) is 0 Å². The van der Waals surface area contributed by atoms with E-state index in [-0.39, 0.29) is 11.7 Å². The number of aromatic hydroxyl groups is 1. The zero-order valence-corrected chi connectivity index (χ0v) is 14.0. The van der Waals surface area contributed by atoms with E-state index in [4.69, 9.17) is 11.6 Å². The van der Waals surface area contributed by atoms with E-state index in [0.717, 1.165) is 24.3 Å². The fourth-order valence-corrected chi connectivity index (χ4v) is 2.93. The topological polar surface area (TPSA) is 43.8 Å². The van der Waals surface area contributed by atoms with Gasteiger partial charge in [-0.2, -0.15) is 0 Å². The first-order chi connectivity index (χ1) is 11.6. The molecule has 1 aliphatic rings. The highest BCUT2D eigenvalue weighted by molar-refractivity contribution is 6.30. The van der Waals surface area contributed by atoms with Crippen molar-refractivity contribution in [3.05, 3.63) is 65.2 Å². The van der Waals surface area contributed by atoms with Crippen molar-refractivity contribution in [1.82, 2.24) is 4.90 Å². The second kappa shape index (κ2) is 7.41. The van der Waals surface area contributed by atoms with Gasteiger partial charge in [0.15, 0.2) is 0 Å². The Labute approximate surface area is 146 Å². The maximum atomic E-state index is 12.3. The average Bonchev–Trinajstić information content (AvgIpc) is 2.61. The molecule has 0 aromatic heterocycles. The zero-order chi connectivity index (χ0) is 16.9. The van der Waals surface area contributed by atoms with E-state index in [9.17, 15) is 9.90 Å². The molecule has 2 aromatic rings. The Bertz CT molecular complexity index is 735. The number of piperazine rings is 1. The van der Waals surface area contributed by atoms with E-state index in [1.807, 2.05) is 41.3 Å². The Morgan fingerprint density at radius 3 is 2.42 bits per heavy atom. The Kier molecular flexibility index (Phi) is 5.06. The molecule has 1 heterocycles. The average molecular weight is 343 g/mol. The van der Waals surface area contributed by atoms with Crippen molar-refractivity contribution in [2.24, 2.45) is 0 Å². The number of hydrogen-bond donors (Lipinski definition) is 1. The Morgan fingerprint density at radius 1 is 1.04 bits per heavy atom. The number of rotatable bonds is 3. The summed E-state index contributed by atoms with van der Waals surface area (Å²) < 4.78 is 0. The molecule has 0 radical (unpaired) electrons. The molecule has 1 amide bonds. The molecule has 0 saturated carbocycles. The molecule has 4 nitrogen and oxygen atoms in total. The molecule has 24 heavy (non-hydrogen) atoms. The molecule has 1 saturated heterocycles. The molecule has 1 aliphatic heterocycles. The fraction of sp³-hybridized carbons (Fsp3) is 0.211. The first-order valence-electron chi connectivity index (χ1n) is 7.88. The second-order valence-electron chi connectivity index (χ2n) is 5.72. The van der Waals surface area contributed by atoms with Gasteiger partial charge < -0.3 is 14.9 Å². The van der Waals surface area contributed by atoms with Gasteiger partial charge in [-0.05, 0) is 48.0 Å². The quantitative estimate of drug-likeness (QED) is 0.869. The lowest BCUT2D eigenvalue weighted by Gasteiger charge is -2.35. The summed E-state index contributed by atoms with van der Waals surface area (Å²) in [6.45, 7) is 2.92. The summed E-state index contributed by atoms with van der Waals surface area (Å²) in [6, 6.07) is 14.6. The van der Waals surface area contributed by atoms with E-state index in [0.29, 0.717) is 18.1 Å². The van der Waals surface area contributed by atoms with Gasteiger partial charge in [0.05, 0.1) is 0 Å². The molecule has 1 fully saturated rings. The van der Waals surface area contributed by atoms with Crippen LogP contribution in [0.1, 0.15) is 5.56 Å². The van der Waals surface area contributed by atoms with Crippen LogP contribution in [0.15, 0.2) is 54.6 Å². The van der Waals surface area contributed by atoms with Gasteiger partial charge in [0.2, 0.25) is 5.91 Å².